The summed E-state index contributed by atoms with van der Waals surface area (Å²) in [5.74, 6) is -0.734. The number of carboxylic acid groups (broad SMARTS) is 1. The highest BCUT2D eigenvalue weighted by molar-refractivity contribution is 7.98. The van der Waals surface area contributed by atoms with E-state index < -0.39 is 36.4 Å². The van der Waals surface area contributed by atoms with Gasteiger partial charge in [-0.05, 0) is 18.4 Å². The molecule has 3 atom stereocenters. The minimum atomic E-state index is -1.32. The van der Waals surface area contributed by atoms with Crippen LogP contribution in [0.2, 0.25) is 0 Å². The molecule has 2 aliphatic heterocycles. The van der Waals surface area contributed by atoms with Crippen LogP contribution in [0.5, 0.6) is 0 Å². The molecule has 0 aromatic carbocycles. The Morgan fingerprint density at radius 1 is 1.44 bits per heavy atom. The second-order valence-electron chi connectivity index (χ2n) is 4.01. The molecule has 2 saturated heterocycles. The number of amides is 4. The lowest BCUT2D eigenvalue weighted by molar-refractivity contribution is -0.311. The topological polar surface area (TPSA) is 114 Å². The predicted molar refractivity (Wildman–Crippen MR) is 61.4 cm³/mol. The number of carbonyl (C=O) groups excluding carboxylic acids is 3. The number of carboxylic acids is 1. The van der Waals surface area contributed by atoms with Crippen LogP contribution in [0, 0.1) is 0 Å². The van der Waals surface area contributed by atoms with Crippen molar-refractivity contribution in [2.75, 3.05) is 12.0 Å². The van der Waals surface area contributed by atoms with Crippen LogP contribution in [0.15, 0.2) is 0 Å². The van der Waals surface area contributed by atoms with Crippen molar-refractivity contribution >= 4 is 29.8 Å². The average molecular weight is 273 g/mol. The number of hydrogen-bond acceptors (Lipinski definition) is 5. The molecule has 9 heteroatoms. The van der Waals surface area contributed by atoms with E-state index in [2.05, 4.69) is 16.0 Å². The summed E-state index contributed by atoms with van der Waals surface area (Å²) in [5, 5.41) is 18.6. The first-order valence-electron chi connectivity index (χ1n) is 5.40. The van der Waals surface area contributed by atoms with Crippen LogP contribution >= 0.6 is 11.8 Å². The van der Waals surface area contributed by atoms with Crippen molar-refractivity contribution in [2.24, 2.45) is 0 Å². The van der Waals surface area contributed by atoms with Crippen molar-refractivity contribution in [1.29, 1.82) is 0 Å². The summed E-state index contributed by atoms with van der Waals surface area (Å²) < 4.78 is 0. The number of nitrogens with one attached hydrogen (secondary N) is 3. The predicted octanol–water partition coefficient (Wildman–Crippen LogP) is -2.15. The average Bonchev–Trinajstić information content (AvgIpc) is 2.76. The van der Waals surface area contributed by atoms with Crippen LogP contribution in [-0.2, 0) is 4.79 Å². The number of nitrogens with zero attached hydrogens (tertiary/aromatic N) is 1. The largest absolute Gasteiger partial charge is 0.548 e. The van der Waals surface area contributed by atoms with E-state index in [1.807, 2.05) is 6.26 Å². The number of aliphatic carboxylic acids is 1. The van der Waals surface area contributed by atoms with Crippen LogP contribution in [-0.4, -0.2) is 53.3 Å². The Bertz CT molecular complexity index is 391. The Hall–Kier alpha value is -1.64. The van der Waals surface area contributed by atoms with Crippen LogP contribution in [0.1, 0.15) is 6.42 Å². The van der Waals surface area contributed by atoms with E-state index >= 15 is 0 Å². The number of fused-ring (bicyclic) bond motifs is 1. The smallest absolute Gasteiger partial charge is 0.321 e. The van der Waals surface area contributed by atoms with Crippen LogP contribution in [0.3, 0.4) is 0 Å². The summed E-state index contributed by atoms with van der Waals surface area (Å²) in [6, 6.07) is -2.00. The highest BCUT2D eigenvalue weighted by Gasteiger charge is 2.48. The van der Waals surface area contributed by atoms with Crippen molar-refractivity contribution in [3.63, 3.8) is 0 Å². The molecule has 4 amide bonds. The van der Waals surface area contributed by atoms with Gasteiger partial charge in [-0.1, -0.05) is 0 Å². The van der Waals surface area contributed by atoms with E-state index in [0.717, 1.165) is 4.90 Å². The molecule has 2 rings (SSSR count). The Labute approximate surface area is 107 Å². The Morgan fingerprint density at radius 3 is 2.78 bits per heavy atom. The molecule has 0 aromatic rings. The zero-order valence-corrected chi connectivity index (χ0v) is 10.5. The fourth-order valence-corrected chi connectivity index (χ4v) is 2.55. The van der Waals surface area contributed by atoms with Gasteiger partial charge in [-0.25, -0.2) is 9.59 Å². The lowest BCUT2D eigenvalue weighted by Gasteiger charge is -2.31. The van der Waals surface area contributed by atoms with Gasteiger partial charge >= 0.3 is 12.1 Å². The lowest BCUT2D eigenvalue weighted by Crippen LogP contribution is -2.55. The van der Waals surface area contributed by atoms with Crippen molar-refractivity contribution in [2.45, 2.75) is 24.8 Å². The number of carbonyl (C=O) groups is 3. The maximum absolute atomic E-state index is 11.7. The van der Waals surface area contributed by atoms with Crippen molar-refractivity contribution < 1.29 is 19.5 Å². The van der Waals surface area contributed by atoms with Gasteiger partial charge in [0.25, 0.3) is 0 Å². The first kappa shape index (κ1) is 12.8. The molecule has 0 aliphatic carbocycles. The molecule has 2 heterocycles. The zero-order chi connectivity index (χ0) is 13.3. The van der Waals surface area contributed by atoms with E-state index in [0.29, 0.717) is 5.75 Å². The molecule has 2 aliphatic rings. The molecule has 0 spiro atoms. The summed E-state index contributed by atoms with van der Waals surface area (Å²) in [6.07, 6.45) is 0.838. The van der Waals surface area contributed by atoms with Crippen molar-refractivity contribution in [3.05, 3.63) is 0 Å². The molecule has 100 valence electrons. The molecule has 0 aromatic heterocycles. The van der Waals surface area contributed by atoms with Crippen LogP contribution < -0.4 is 21.1 Å². The van der Waals surface area contributed by atoms with Gasteiger partial charge in [-0.3, -0.25) is 4.90 Å². The summed E-state index contributed by atoms with van der Waals surface area (Å²) in [6.45, 7) is 0. The van der Waals surface area contributed by atoms with E-state index in [4.69, 9.17) is 0 Å². The molecule has 0 unspecified atom stereocenters. The van der Waals surface area contributed by atoms with Gasteiger partial charge in [0.1, 0.15) is 12.3 Å². The highest BCUT2D eigenvalue weighted by Crippen LogP contribution is 2.19. The van der Waals surface area contributed by atoms with Crippen molar-refractivity contribution in [1.82, 2.24) is 20.9 Å². The molecular formula is C9H13N4O4S-. The lowest BCUT2D eigenvalue weighted by atomic mass is 10.2. The Kier molecular flexibility index (Phi) is 3.50. The van der Waals surface area contributed by atoms with E-state index in [1.165, 1.54) is 11.8 Å². The summed E-state index contributed by atoms with van der Waals surface area (Å²) in [7, 11) is 0. The molecule has 0 saturated carbocycles. The fraction of sp³-hybridized carbons (Fsp3) is 0.667. The third-order valence-corrected chi connectivity index (χ3v) is 3.54. The molecule has 3 N–H and O–H groups in total. The Morgan fingerprint density at radius 2 is 2.17 bits per heavy atom. The third kappa shape index (κ3) is 2.17. The SMILES string of the molecule is CSCC[C@@H](C(=O)[O-])N1C(=O)N[C@@H]2NC(=O)N[C@H]21. The van der Waals surface area contributed by atoms with Gasteiger partial charge < -0.3 is 25.9 Å². The van der Waals surface area contributed by atoms with Gasteiger partial charge in [0.15, 0.2) is 0 Å². The number of thioether (sulfide) groups is 1. The normalized spacial score (nSPS) is 27.3. The monoisotopic (exact) mass is 273 g/mol. The maximum atomic E-state index is 11.7. The molecule has 0 radical (unpaired) electrons. The number of hydrogen-bond donors (Lipinski definition) is 3. The quantitative estimate of drug-likeness (QED) is 0.528. The second-order valence-corrected chi connectivity index (χ2v) is 5.00. The minimum Gasteiger partial charge on any atom is -0.548 e. The number of urea groups is 2. The number of rotatable bonds is 5. The standard InChI is InChI=1S/C9H14N4O4S/c1-18-3-2-4(7(14)15)13-6-5(11-9(13)17)10-8(16)12-6/h4-6H,2-3H2,1H3,(H,11,17)(H,14,15)(H2,10,12,16)/p-1/t4-,5-,6-/m0/s1. The van der Waals surface area contributed by atoms with Gasteiger partial charge in [-0.2, -0.15) is 11.8 Å². The van der Waals surface area contributed by atoms with E-state index in [9.17, 15) is 19.5 Å². The van der Waals surface area contributed by atoms with E-state index in [-0.39, 0.29) is 6.42 Å². The first-order chi connectivity index (χ1) is 8.54. The van der Waals surface area contributed by atoms with Gasteiger partial charge in [0.2, 0.25) is 0 Å². The van der Waals surface area contributed by atoms with Crippen molar-refractivity contribution in [3.8, 4) is 0 Å². The fourth-order valence-electron chi connectivity index (χ4n) is 2.09. The van der Waals surface area contributed by atoms with E-state index in [1.54, 1.807) is 0 Å². The van der Waals surface area contributed by atoms with Gasteiger partial charge in [0, 0.05) is 0 Å². The second kappa shape index (κ2) is 4.92. The molecule has 2 fully saturated rings. The van der Waals surface area contributed by atoms with Gasteiger partial charge in [-0.15, -0.1) is 0 Å². The first-order valence-corrected chi connectivity index (χ1v) is 6.79. The summed E-state index contributed by atoms with van der Waals surface area (Å²) in [4.78, 5) is 35.1. The van der Waals surface area contributed by atoms with Crippen LogP contribution in [0.25, 0.3) is 0 Å². The van der Waals surface area contributed by atoms with Gasteiger partial charge in [0.05, 0.1) is 12.0 Å². The third-order valence-electron chi connectivity index (χ3n) is 2.90. The van der Waals surface area contributed by atoms with Crippen LogP contribution in [0.4, 0.5) is 9.59 Å². The summed E-state index contributed by atoms with van der Waals surface area (Å²) >= 11 is 1.48. The molecular weight excluding hydrogens is 260 g/mol. The molecule has 0 bridgehead atoms. The summed E-state index contributed by atoms with van der Waals surface area (Å²) in [5.41, 5.74) is 0. The minimum absolute atomic E-state index is 0.274. The Balaban J connectivity index is 2.15. The maximum Gasteiger partial charge on any atom is 0.321 e. The highest BCUT2D eigenvalue weighted by atomic mass is 32.2. The zero-order valence-electron chi connectivity index (χ0n) is 9.63. The molecule has 8 nitrogen and oxygen atoms in total. The molecule has 18 heavy (non-hydrogen) atoms.